The Morgan fingerprint density at radius 2 is 1.64 bits per heavy atom. The summed E-state index contributed by atoms with van der Waals surface area (Å²) in [7, 11) is -3.78. The number of benzene rings is 2. The van der Waals surface area contributed by atoms with Gasteiger partial charge in [0.1, 0.15) is 0 Å². The second-order valence-electron chi connectivity index (χ2n) is 4.56. The quantitative estimate of drug-likeness (QED) is 0.731. The highest BCUT2D eigenvalue weighted by atomic mass is 32.2. The number of nitrogens with two attached hydrogens (primary N) is 1. The summed E-state index contributed by atoms with van der Waals surface area (Å²) < 4.78 is 27.2. The van der Waals surface area contributed by atoms with Gasteiger partial charge in [-0.15, -0.1) is 0 Å². The minimum absolute atomic E-state index is 0.0357. The average Bonchev–Trinajstić information content (AvgIpc) is 2.89. The third-order valence-electron chi connectivity index (χ3n) is 3.12. The zero-order chi connectivity index (χ0) is 15.7. The van der Waals surface area contributed by atoms with Crippen molar-refractivity contribution in [1.29, 1.82) is 0 Å². The lowest BCUT2D eigenvalue weighted by atomic mass is 10.1. The van der Waals surface area contributed by atoms with Crippen molar-refractivity contribution in [3.05, 3.63) is 59.8 Å². The predicted molar refractivity (Wildman–Crippen MR) is 77.7 cm³/mol. The van der Waals surface area contributed by atoms with Gasteiger partial charge < -0.3 is 5.21 Å². The van der Waals surface area contributed by atoms with Gasteiger partial charge in [-0.25, -0.2) is 13.6 Å². The Labute approximate surface area is 126 Å². The second kappa shape index (κ2) is 5.24. The smallest absolute Gasteiger partial charge is 0.256 e. The number of nitrogens with zero attached hydrogens (tertiary/aromatic N) is 2. The molecule has 0 fully saturated rings. The van der Waals surface area contributed by atoms with Gasteiger partial charge in [-0.2, -0.15) is 0 Å². The van der Waals surface area contributed by atoms with Gasteiger partial charge in [0.15, 0.2) is 0 Å². The maximum atomic E-state index is 11.8. The highest BCUT2D eigenvalue weighted by Crippen LogP contribution is 2.28. The molecular formula is C14H11N3O4S. The molecule has 0 atom stereocenters. The lowest BCUT2D eigenvalue weighted by molar-refractivity contribution is -0.793. The molecule has 0 spiro atoms. The fraction of sp³-hybridized carbons (Fsp3) is 0. The van der Waals surface area contributed by atoms with E-state index in [4.69, 9.17) is 5.14 Å². The van der Waals surface area contributed by atoms with Crippen molar-refractivity contribution in [1.82, 2.24) is 5.16 Å². The van der Waals surface area contributed by atoms with Gasteiger partial charge in [-0.1, -0.05) is 30.3 Å². The third-order valence-corrected chi connectivity index (χ3v) is 4.05. The molecule has 0 aliphatic rings. The molecule has 3 aromatic rings. The highest BCUT2D eigenvalue weighted by Gasteiger charge is 2.23. The van der Waals surface area contributed by atoms with E-state index in [1.54, 1.807) is 12.1 Å². The van der Waals surface area contributed by atoms with E-state index in [1.807, 2.05) is 18.2 Å². The minimum Gasteiger partial charge on any atom is -0.359 e. The van der Waals surface area contributed by atoms with E-state index in [-0.39, 0.29) is 15.5 Å². The van der Waals surface area contributed by atoms with Gasteiger partial charge in [0.25, 0.3) is 5.69 Å². The van der Waals surface area contributed by atoms with E-state index in [0.29, 0.717) is 16.8 Å². The summed E-state index contributed by atoms with van der Waals surface area (Å²) >= 11 is 0. The molecule has 0 bridgehead atoms. The van der Waals surface area contributed by atoms with Crippen LogP contribution in [0.3, 0.4) is 0 Å². The molecule has 0 saturated heterocycles. The van der Waals surface area contributed by atoms with Gasteiger partial charge in [0.05, 0.1) is 4.90 Å². The zero-order valence-corrected chi connectivity index (χ0v) is 12.0. The Kier molecular flexibility index (Phi) is 3.39. The fourth-order valence-corrected chi connectivity index (χ4v) is 2.59. The first-order chi connectivity index (χ1) is 10.5. The summed E-state index contributed by atoms with van der Waals surface area (Å²) in [5.41, 5.74) is 1.76. The van der Waals surface area contributed by atoms with E-state index in [2.05, 4.69) is 9.79 Å². The van der Waals surface area contributed by atoms with Crippen LogP contribution in [0.5, 0.6) is 0 Å². The average molecular weight is 317 g/mol. The van der Waals surface area contributed by atoms with Crippen LogP contribution in [0.1, 0.15) is 0 Å². The normalized spacial score (nSPS) is 11.5. The van der Waals surface area contributed by atoms with Crippen molar-refractivity contribution in [3.8, 4) is 22.5 Å². The maximum absolute atomic E-state index is 11.8. The van der Waals surface area contributed by atoms with Crippen LogP contribution in [0.15, 0.2) is 64.1 Å². The van der Waals surface area contributed by atoms with E-state index in [9.17, 15) is 13.6 Å². The van der Waals surface area contributed by atoms with Crippen molar-refractivity contribution >= 4 is 10.0 Å². The molecule has 112 valence electrons. The summed E-state index contributed by atoms with van der Waals surface area (Å²) in [6, 6.07) is 14.7. The number of hydrogen-bond donors (Lipinski definition) is 1. The molecule has 0 saturated carbocycles. The van der Waals surface area contributed by atoms with E-state index in [0.717, 1.165) is 0 Å². The third kappa shape index (κ3) is 2.57. The molecule has 2 N–H and O–H groups in total. The molecule has 8 heteroatoms. The molecule has 0 aliphatic heterocycles. The summed E-state index contributed by atoms with van der Waals surface area (Å²) in [5, 5.41) is 20.7. The van der Waals surface area contributed by atoms with Crippen LogP contribution in [0.25, 0.3) is 22.5 Å². The van der Waals surface area contributed by atoms with Gasteiger partial charge >= 0.3 is 0 Å². The minimum atomic E-state index is -3.78. The molecule has 1 heterocycles. The van der Waals surface area contributed by atoms with Crippen LogP contribution in [0, 0.1) is 5.21 Å². The predicted octanol–water partition coefficient (Wildman–Crippen LogP) is 1.29. The van der Waals surface area contributed by atoms with Crippen LogP contribution in [0.4, 0.5) is 0 Å². The molecule has 0 amide bonds. The van der Waals surface area contributed by atoms with Crippen molar-refractivity contribution in [2.24, 2.45) is 5.14 Å². The van der Waals surface area contributed by atoms with Crippen molar-refractivity contribution in [3.63, 3.8) is 0 Å². The summed E-state index contributed by atoms with van der Waals surface area (Å²) in [5.74, 6) is 0. The van der Waals surface area contributed by atoms with Crippen LogP contribution in [-0.4, -0.2) is 13.6 Å². The van der Waals surface area contributed by atoms with E-state index in [1.165, 1.54) is 24.3 Å². The topological polar surface area (TPSA) is 113 Å². The molecule has 22 heavy (non-hydrogen) atoms. The molecule has 1 aromatic heterocycles. The van der Waals surface area contributed by atoms with E-state index >= 15 is 0 Å². The molecule has 7 nitrogen and oxygen atoms in total. The van der Waals surface area contributed by atoms with Gasteiger partial charge in [-0.3, -0.25) is 4.63 Å². The van der Waals surface area contributed by atoms with Gasteiger partial charge in [-0.05, 0) is 29.2 Å². The molecule has 0 aliphatic carbocycles. The van der Waals surface area contributed by atoms with Gasteiger partial charge in [0.2, 0.25) is 15.7 Å². The number of aromatic nitrogens is 2. The number of sulfonamides is 1. The first-order valence-electron chi connectivity index (χ1n) is 6.25. The number of hydrogen-bond acceptors (Lipinski definition) is 5. The van der Waals surface area contributed by atoms with Crippen LogP contribution >= 0.6 is 0 Å². The highest BCUT2D eigenvalue weighted by molar-refractivity contribution is 7.89. The van der Waals surface area contributed by atoms with Crippen LogP contribution in [0.2, 0.25) is 0 Å². The SMILES string of the molecule is NS(=O)(=O)c1ccc(-c2c(-c3ccccc3)no[n+]2[O-])cc1. The Balaban J connectivity index is 2.12. The molecule has 0 unspecified atom stereocenters. The summed E-state index contributed by atoms with van der Waals surface area (Å²) in [6.45, 7) is 0. The fourth-order valence-electron chi connectivity index (χ4n) is 2.08. The molecular weight excluding hydrogens is 306 g/mol. The Hall–Kier alpha value is -2.71. The van der Waals surface area contributed by atoms with Crippen molar-refractivity contribution in [2.45, 2.75) is 4.90 Å². The largest absolute Gasteiger partial charge is 0.359 e. The molecule has 0 radical (unpaired) electrons. The monoisotopic (exact) mass is 317 g/mol. The first-order valence-corrected chi connectivity index (χ1v) is 7.80. The Morgan fingerprint density at radius 1 is 1.00 bits per heavy atom. The van der Waals surface area contributed by atoms with Crippen molar-refractivity contribution in [2.75, 3.05) is 0 Å². The van der Waals surface area contributed by atoms with Crippen molar-refractivity contribution < 1.29 is 17.9 Å². The molecule has 2 aromatic carbocycles. The van der Waals surface area contributed by atoms with Gasteiger partial charge in [0, 0.05) is 16.3 Å². The molecule has 3 rings (SSSR count). The summed E-state index contributed by atoms with van der Waals surface area (Å²) in [4.78, 5) is 0.250. The number of rotatable bonds is 3. The second-order valence-corrected chi connectivity index (χ2v) is 6.12. The first kappa shape index (κ1) is 14.2. The Bertz CT molecular complexity index is 903. The van der Waals surface area contributed by atoms with Crippen LogP contribution in [-0.2, 0) is 10.0 Å². The summed E-state index contributed by atoms with van der Waals surface area (Å²) in [6.07, 6.45) is 0. The van der Waals surface area contributed by atoms with Crippen LogP contribution < -0.4 is 10.0 Å². The van der Waals surface area contributed by atoms with E-state index < -0.39 is 10.0 Å². The Morgan fingerprint density at radius 3 is 2.23 bits per heavy atom. The maximum Gasteiger partial charge on any atom is 0.256 e. The zero-order valence-electron chi connectivity index (χ0n) is 11.2. The lowest BCUT2D eigenvalue weighted by Crippen LogP contribution is -2.25. The standard InChI is InChI=1S/C14H11N3O4S/c15-22(19,20)12-8-6-11(7-9-12)14-13(16-21-17(14)18)10-4-2-1-3-5-10/h1-9H,(H2,15,19,20). The number of primary sulfonamides is 1. The lowest BCUT2D eigenvalue weighted by Gasteiger charge is -2.01.